The zero-order valence-electron chi connectivity index (χ0n) is 14.6. The summed E-state index contributed by atoms with van der Waals surface area (Å²) in [4.78, 5) is 11.1. The maximum absolute atomic E-state index is 11.1. The zero-order chi connectivity index (χ0) is 18.7. The van der Waals surface area contributed by atoms with Crippen molar-refractivity contribution in [3.63, 3.8) is 0 Å². The molecule has 0 fully saturated rings. The molecular weight excluding hydrogens is 344 g/mol. The van der Waals surface area contributed by atoms with Crippen LogP contribution in [0.2, 0.25) is 0 Å². The maximum atomic E-state index is 11.1. The number of alkyl carbamates (subject to hydrolysis) is 1. The average Bonchev–Trinajstić information content (AvgIpc) is 2.28. The molecule has 140 valence electrons. The molecule has 0 atom stereocenters. The molecule has 8 nitrogen and oxygen atoms in total. The van der Waals surface area contributed by atoms with Crippen LogP contribution in [0.1, 0.15) is 33.6 Å². The van der Waals surface area contributed by atoms with Crippen LogP contribution in [-0.2, 0) is 24.4 Å². The van der Waals surface area contributed by atoms with Crippen LogP contribution in [0.3, 0.4) is 0 Å². The van der Waals surface area contributed by atoms with Gasteiger partial charge in [0.05, 0.1) is 11.5 Å². The van der Waals surface area contributed by atoms with Gasteiger partial charge in [0.2, 0.25) is 0 Å². The highest BCUT2D eigenvalue weighted by molar-refractivity contribution is 7.90. The van der Waals surface area contributed by atoms with Crippen molar-refractivity contribution in [2.24, 2.45) is 5.73 Å². The summed E-state index contributed by atoms with van der Waals surface area (Å²) >= 11 is 0. The largest absolute Gasteiger partial charge is 0.444 e. The molecule has 1 amide bonds. The summed E-state index contributed by atoms with van der Waals surface area (Å²) in [7, 11) is -5.72. The number of carbonyl (C=O) groups is 1. The highest BCUT2D eigenvalue weighted by Crippen LogP contribution is 2.06. The molecule has 10 heteroatoms. The molecule has 0 heterocycles. The molecule has 0 saturated heterocycles. The Bertz CT molecular complexity index is 535. The van der Waals surface area contributed by atoms with E-state index in [1.807, 2.05) is 0 Å². The van der Waals surface area contributed by atoms with Crippen LogP contribution >= 0.6 is 0 Å². The molecule has 23 heavy (non-hydrogen) atoms. The van der Waals surface area contributed by atoms with Crippen LogP contribution < -0.4 is 11.1 Å². The van der Waals surface area contributed by atoms with Gasteiger partial charge in [0.15, 0.2) is 0 Å². The Morgan fingerprint density at radius 3 is 1.74 bits per heavy atom. The first-order chi connectivity index (χ1) is 10.2. The summed E-state index contributed by atoms with van der Waals surface area (Å²) < 4.78 is 47.2. The Hall–Kier alpha value is -0.870. The lowest BCUT2D eigenvalue weighted by atomic mass is 10.2. The molecular formula is C13H30N2O6S2. The molecule has 0 aliphatic carbocycles. The molecule has 0 rings (SSSR count). The molecule has 0 aliphatic heterocycles. The Labute approximate surface area is 140 Å². The topological polar surface area (TPSA) is 133 Å². The summed E-state index contributed by atoms with van der Waals surface area (Å²) in [5.41, 5.74) is 4.54. The van der Waals surface area contributed by atoms with Gasteiger partial charge < -0.3 is 15.8 Å². The van der Waals surface area contributed by atoms with E-state index in [9.17, 15) is 21.6 Å². The number of hydrogen-bond acceptors (Lipinski definition) is 7. The first kappa shape index (κ1) is 24.4. The van der Waals surface area contributed by atoms with Crippen molar-refractivity contribution in [2.75, 3.05) is 37.1 Å². The fourth-order valence-electron chi connectivity index (χ4n) is 1.18. The van der Waals surface area contributed by atoms with E-state index < -0.39 is 31.4 Å². The van der Waals surface area contributed by atoms with Crippen LogP contribution in [-0.4, -0.2) is 65.6 Å². The number of hydrogen-bond donors (Lipinski definition) is 2. The van der Waals surface area contributed by atoms with Crippen molar-refractivity contribution in [3.8, 4) is 0 Å². The lowest BCUT2D eigenvalue weighted by molar-refractivity contribution is 0.0528. The number of carbonyl (C=O) groups excluding carboxylic acids is 1. The Balaban J connectivity index is 0. The predicted octanol–water partition coefficient (Wildman–Crippen LogP) is 0.326. The normalized spacial score (nSPS) is 12.1. The molecule has 3 N–H and O–H groups in total. The van der Waals surface area contributed by atoms with Crippen molar-refractivity contribution in [1.82, 2.24) is 5.32 Å². The summed E-state index contributed by atoms with van der Waals surface area (Å²) in [6.07, 6.45) is 2.83. The van der Waals surface area contributed by atoms with Crippen LogP contribution in [0.25, 0.3) is 0 Å². The van der Waals surface area contributed by atoms with Gasteiger partial charge in [-0.1, -0.05) is 0 Å². The summed E-state index contributed by atoms with van der Waals surface area (Å²) in [6.45, 7) is 6.06. The van der Waals surface area contributed by atoms with E-state index in [-0.39, 0.29) is 11.5 Å². The SMILES string of the molecule is CC(C)(C)OC(=O)NCCCS(C)(=O)=O.CS(=O)(=O)CCCN. The lowest BCUT2D eigenvalue weighted by Gasteiger charge is -2.19. The monoisotopic (exact) mass is 374 g/mol. The van der Waals surface area contributed by atoms with Gasteiger partial charge >= 0.3 is 6.09 Å². The summed E-state index contributed by atoms with van der Waals surface area (Å²) in [6, 6.07) is 0. The Kier molecular flexibility index (Phi) is 11.5. The molecule has 0 aromatic carbocycles. The highest BCUT2D eigenvalue weighted by Gasteiger charge is 2.15. The number of rotatable bonds is 7. The van der Waals surface area contributed by atoms with E-state index >= 15 is 0 Å². The molecule has 0 saturated carbocycles. The second-order valence-electron chi connectivity index (χ2n) is 6.18. The van der Waals surface area contributed by atoms with Crippen LogP contribution in [0.5, 0.6) is 0 Å². The minimum atomic E-state index is -2.95. The second-order valence-corrected chi connectivity index (χ2v) is 10.7. The molecule has 0 aromatic heterocycles. The van der Waals surface area contributed by atoms with Gasteiger partial charge in [-0.3, -0.25) is 0 Å². The van der Waals surface area contributed by atoms with Crippen molar-refractivity contribution < 1.29 is 26.4 Å². The van der Waals surface area contributed by atoms with Crippen LogP contribution in [0, 0.1) is 0 Å². The van der Waals surface area contributed by atoms with E-state index in [1.165, 1.54) is 12.5 Å². The predicted molar refractivity (Wildman–Crippen MR) is 91.9 cm³/mol. The van der Waals surface area contributed by atoms with Crippen LogP contribution in [0.15, 0.2) is 0 Å². The fourth-order valence-corrected chi connectivity index (χ4v) is 2.54. The number of amides is 1. The van der Waals surface area contributed by atoms with Crippen LogP contribution in [0.4, 0.5) is 4.79 Å². The third kappa shape index (κ3) is 26.4. The summed E-state index contributed by atoms with van der Waals surface area (Å²) in [5.74, 6) is 0.284. The maximum Gasteiger partial charge on any atom is 0.407 e. The van der Waals surface area contributed by atoms with E-state index in [0.717, 1.165) is 0 Å². The molecule has 0 bridgehead atoms. The van der Waals surface area contributed by atoms with Gasteiger partial charge in [0.25, 0.3) is 0 Å². The van der Waals surface area contributed by atoms with Gasteiger partial charge in [-0.15, -0.1) is 0 Å². The number of nitrogens with one attached hydrogen (secondary N) is 1. The second kappa shape index (κ2) is 10.8. The minimum absolute atomic E-state index is 0.0722. The first-order valence-corrected chi connectivity index (χ1v) is 11.3. The molecule has 0 spiro atoms. The summed E-state index contributed by atoms with van der Waals surface area (Å²) in [5, 5.41) is 2.49. The smallest absolute Gasteiger partial charge is 0.407 e. The first-order valence-electron chi connectivity index (χ1n) is 7.18. The van der Waals surface area contributed by atoms with Gasteiger partial charge in [-0.05, 0) is 40.2 Å². The van der Waals surface area contributed by atoms with Gasteiger partial charge in [-0.2, -0.15) is 0 Å². The average molecular weight is 375 g/mol. The van der Waals surface area contributed by atoms with E-state index in [2.05, 4.69) is 5.32 Å². The van der Waals surface area contributed by atoms with Gasteiger partial charge in [-0.25, -0.2) is 21.6 Å². The quantitative estimate of drug-likeness (QED) is 0.613. The third-order valence-corrected chi connectivity index (χ3v) is 4.14. The zero-order valence-corrected chi connectivity index (χ0v) is 16.2. The standard InChI is InChI=1S/C9H19NO4S.C4H11NO2S/c1-9(2,3)14-8(11)10-6-5-7-15(4,12)13;1-8(6,7)4-2-3-5/h5-7H2,1-4H3,(H,10,11);2-5H2,1H3. The Morgan fingerprint density at radius 1 is 1.00 bits per heavy atom. The van der Waals surface area contributed by atoms with Gasteiger partial charge in [0.1, 0.15) is 25.3 Å². The van der Waals surface area contributed by atoms with Gasteiger partial charge in [0, 0.05) is 19.1 Å². The number of sulfone groups is 2. The van der Waals surface area contributed by atoms with E-state index in [0.29, 0.717) is 25.9 Å². The molecule has 0 radical (unpaired) electrons. The molecule has 0 unspecified atom stereocenters. The highest BCUT2D eigenvalue weighted by atomic mass is 32.2. The van der Waals surface area contributed by atoms with Crippen molar-refractivity contribution in [3.05, 3.63) is 0 Å². The Morgan fingerprint density at radius 2 is 1.43 bits per heavy atom. The molecule has 0 aliphatic rings. The van der Waals surface area contributed by atoms with E-state index in [1.54, 1.807) is 20.8 Å². The third-order valence-electron chi connectivity index (χ3n) is 2.08. The van der Waals surface area contributed by atoms with Crippen molar-refractivity contribution in [2.45, 2.75) is 39.2 Å². The van der Waals surface area contributed by atoms with Crippen molar-refractivity contribution >= 4 is 25.8 Å². The van der Waals surface area contributed by atoms with E-state index in [4.69, 9.17) is 10.5 Å². The number of ether oxygens (including phenoxy) is 1. The fraction of sp³-hybridized carbons (Fsp3) is 0.923. The minimum Gasteiger partial charge on any atom is -0.444 e. The van der Waals surface area contributed by atoms with Crippen molar-refractivity contribution in [1.29, 1.82) is 0 Å². The number of nitrogens with two attached hydrogens (primary N) is 1. The lowest BCUT2D eigenvalue weighted by Crippen LogP contribution is -2.33. The molecule has 0 aromatic rings.